The molecule has 1 aliphatic rings. The fourth-order valence-corrected chi connectivity index (χ4v) is 3.53. The lowest BCUT2D eigenvalue weighted by molar-refractivity contribution is 0.235. The smallest absolute Gasteiger partial charge is 0.227 e. The van der Waals surface area contributed by atoms with E-state index >= 15 is 0 Å². The first-order chi connectivity index (χ1) is 15.3. The lowest BCUT2D eigenvalue weighted by Gasteiger charge is -2.21. The van der Waals surface area contributed by atoms with Crippen molar-refractivity contribution < 1.29 is 14.9 Å². The van der Waals surface area contributed by atoms with E-state index in [4.69, 9.17) is 4.74 Å². The van der Waals surface area contributed by atoms with Crippen LogP contribution in [0.15, 0.2) is 71.3 Å². The van der Waals surface area contributed by atoms with Crippen molar-refractivity contribution in [2.24, 2.45) is 0 Å². The predicted molar refractivity (Wildman–Crippen MR) is 126 cm³/mol. The van der Waals surface area contributed by atoms with Gasteiger partial charge >= 0.3 is 0 Å². The van der Waals surface area contributed by atoms with Gasteiger partial charge in [-0.15, -0.1) is 0 Å². The molecule has 1 aliphatic carbocycles. The van der Waals surface area contributed by atoms with E-state index in [1.807, 2.05) is 25.3 Å². The van der Waals surface area contributed by atoms with Gasteiger partial charge in [-0.25, -0.2) is 13.8 Å². The number of allylic oxidation sites excluding steroid dienone is 6. The lowest BCUT2D eigenvalue weighted by Crippen LogP contribution is -2.16. The number of aryl methyl sites for hydroxylation is 1. The van der Waals surface area contributed by atoms with Gasteiger partial charge in [0.15, 0.2) is 5.43 Å². The van der Waals surface area contributed by atoms with Crippen molar-refractivity contribution in [3.63, 3.8) is 0 Å². The third-order valence-corrected chi connectivity index (χ3v) is 4.85. The number of benzene rings is 1. The number of anilines is 2. The number of nitrogens with one attached hydrogen (secondary N) is 1. The molecule has 5 nitrogen and oxygen atoms in total. The topological polar surface area (TPSA) is 56.1 Å². The molecule has 0 fully saturated rings. The first-order valence-electron chi connectivity index (χ1n) is 10.3. The Labute approximate surface area is 185 Å². The highest BCUT2D eigenvalue weighted by Gasteiger charge is 2.18. The minimum atomic E-state index is -0.362. The van der Waals surface area contributed by atoms with E-state index in [0.29, 0.717) is 33.8 Å². The molecule has 7 heteroatoms. The number of halogens is 2. The normalized spacial score (nSPS) is 13.7. The lowest BCUT2D eigenvalue weighted by atomic mass is 10.2. The Balaban J connectivity index is 0.00000306. The fourth-order valence-electron chi connectivity index (χ4n) is 3.53. The number of pyridine rings is 2. The zero-order valence-electron chi connectivity index (χ0n) is 18.0. The van der Waals surface area contributed by atoms with Crippen molar-refractivity contribution in [1.29, 1.82) is 0 Å². The summed E-state index contributed by atoms with van der Waals surface area (Å²) in [5.74, 6) is 0.0683. The van der Waals surface area contributed by atoms with E-state index in [1.165, 1.54) is 24.3 Å². The highest BCUT2D eigenvalue weighted by atomic mass is 19.1. The van der Waals surface area contributed by atoms with Gasteiger partial charge in [-0.2, -0.15) is 0 Å². The van der Waals surface area contributed by atoms with Gasteiger partial charge in [-0.05, 0) is 69.3 Å². The van der Waals surface area contributed by atoms with Gasteiger partial charge in [-0.1, -0.05) is 6.08 Å². The molecular formula is C25H25F2N3O2. The van der Waals surface area contributed by atoms with Gasteiger partial charge in [0.1, 0.15) is 22.8 Å². The van der Waals surface area contributed by atoms with Crippen molar-refractivity contribution in [1.82, 2.24) is 9.55 Å². The summed E-state index contributed by atoms with van der Waals surface area (Å²) in [6, 6.07) is 9.05. The maximum atomic E-state index is 13.9. The molecular weight excluding hydrogens is 412 g/mol. The maximum Gasteiger partial charge on any atom is 0.227 e. The molecule has 0 unspecified atom stereocenters. The summed E-state index contributed by atoms with van der Waals surface area (Å²) in [6.07, 6.45) is 6.57. The summed E-state index contributed by atoms with van der Waals surface area (Å²) in [4.78, 5) is 17.6. The number of aromatic nitrogens is 2. The van der Waals surface area contributed by atoms with Crippen molar-refractivity contribution in [2.75, 3.05) is 5.32 Å². The van der Waals surface area contributed by atoms with Gasteiger partial charge in [0, 0.05) is 31.0 Å². The average Bonchev–Trinajstić information content (AvgIpc) is 2.93. The van der Waals surface area contributed by atoms with Crippen LogP contribution in [0.1, 0.15) is 27.4 Å². The standard InChI is InChI=1S/C25H23F2N3O2.H2/c1-15(2)32-25-24-21(13-16(3)28-25)30(20-6-4-5-17(26)9-12-20)23(14-22(24)31)29-19-10-7-18(27)8-11-19;/h4,6-15,29H,5H2,1-3H3;1H. The second-order valence-electron chi connectivity index (χ2n) is 7.80. The second-order valence-corrected chi connectivity index (χ2v) is 7.80. The molecule has 0 spiro atoms. The molecule has 0 aliphatic heterocycles. The molecule has 4 rings (SSSR count). The van der Waals surface area contributed by atoms with Crippen molar-refractivity contribution >= 4 is 28.1 Å². The van der Waals surface area contributed by atoms with Crippen molar-refractivity contribution in [3.05, 3.63) is 88.3 Å². The minimum absolute atomic E-state index is 0. The molecule has 32 heavy (non-hydrogen) atoms. The molecule has 2 heterocycles. The van der Waals surface area contributed by atoms with Gasteiger partial charge < -0.3 is 10.1 Å². The molecule has 0 amide bonds. The quantitative estimate of drug-likeness (QED) is 0.511. The second kappa shape index (κ2) is 8.78. The largest absolute Gasteiger partial charge is 0.474 e. The van der Waals surface area contributed by atoms with Crippen LogP contribution in [0.5, 0.6) is 5.88 Å². The molecule has 0 bridgehead atoms. The van der Waals surface area contributed by atoms with Crippen LogP contribution >= 0.6 is 0 Å². The Hall–Kier alpha value is -3.74. The van der Waals surface area contributed by atoms with E-state index in [2.05, 4.69) is 10.3 Å². The maximum absolute atomic E-state index is 13.9. The summed E-state index contributed by atoms with van der Waals surface area (Å²) in [7, 11) is 0. The van der Waals surface area contributed by atoms with Crippen LogP contribution in [0.4, 0.5) is 20.3 Å². The third kappa shape index (κ3) is 4.46. The van der Waals surface area contributed by atoms with Crippen molar-refractivity contribution in [3.8, 4) is 5.88 Å². The average molecular weight is 437 g/mol. The molecule has 0 radical (unpaired) electrons. The Bertz CT molecular complexity index is 1330. The number of nitrogens with zero attached hydrogens (tertiary/aromatic N) is 2. The molecule has 1 aromatic carbocycles. The van der Waals surface area contributed by atoms with Gasteiger partial charge in [0.25, 0.3) is 0 Å². The van der Waals surface area contributed by atoms with Crippen LogP contribution in [0.2, 0.25) is 0 Å². The Morgan fingerprint density at radius 3 is 2.62 bits per heavy atom. The molecule has 0 atom stereocenters. The number of hydrogen-bond acceptors (Lipinski definition) is 4. The predicted octanol–water partition coefficient (Wildman–Crippen LogP) is 6.28. The monoisotopic (exact) mass is 437 g/mol. The van der Waals surface area contributed by atoms with E-state index in [9.17, 15) is 13.6 Å². The van der Waals surface area contributed by atoms with Gasteiger partial charge in [0.05, 0.1) is 11.6 Å². The van der Waals surface area contributed by atoms with E-state index in [1.54, 1.807) is 36.4 Å². The molecule has 2 aromatic heterocycles. The van der Waals surface area contributed by atoms with E-state index in [0.717, 1.165) is 0 Å². The Morgan fingerprint density at radius 2 is 1.91 bits per heavy atom. The zero-order valence-corrected chi connectivity index (χ0v) is 18.0. The van der Waals surface area contributed by atoms with Crippen LogP contribution in [0.25, 0.3) is 16.6 Å². The van der Waals surface area contributed by atoms with Crippen molar-refractivity contribution in [2.45, 2.75) is 33.3 Å². The summed E-state index contributed by atoms with van der Waals surface area (Å²) in [5.41, 5.74) is 2.21. The first kappa shape index (κ1) is 21.5. The summed E-state index contributed by atoms with van der Waals surface area (Å²) < 4.78 is 34.9. The summed E-state index contributed by atoms with van der Waals surface area (Å²) in [6.45, 7) is 5.55. The highest BCUT2D eigenvalue weighted by Crippen LogP contribution is 2.31. The zero-order chi connectivity index (χ0) is 22.8. The van der Waals surface area contributed by atoms with Gasteiger partial charge in [-0.3, -0.25) is 9.36 Å². The SMILES string of the molecule is Cc1cc2c(c(OC(C)C)n1)c(=O)cc(Nc1ccc(F)cc1)n2C1=CC=C(F)CC=C1.[HH]. The molecule has 0 saturated heterocycles. The summed E-state index contributed by atoms with van der Waals surface area (Å²) in [5, 5.41) is 3.52. The molecule has 1 N–H and O–H groups in total. The minimum Gasteiger partial charge on any atom is -0.474 e. The molecule has 0 saturated carbocycles. The number of rotatable bonds is 5. The number of ether oxygens (including phenoxy) is 1. The molecule has 3 aromatic rings. The third-order valence-electron chi connectivity index (χ3n) is 4.85. The number of hydrogen-bond donors (Lipinski definition) is 1. The highest BCUT2D eigenvalue weighted by molar-refractivity contribution is 5.90. The van der Waals surface area contributed by atoms with Crippen LogP contribution in [-0.4, -0.2) is 15.7 Å². The fraction of sp³-hybridized carbons (Fsp3) is 0.200. The molecule has 166 valence electrons. The van der Waals surface area contributed by atoms with Crippen LogP contribution < -0.4 is 15.5 Å². The van der Waals surface area contributed by atoms with Gasteiger partial charge in [0.2, 0.25) is 5.88 Å². The Morgan fingerprint density at radius 1 is 1.16 bits per heavy atom. The van der Waals surface area contributed by atoms with Crippen LogP contribution in [-0.2, 0) is 0 Å². The van der Waals surface area contributed by atoms with E-state index in [-0.39, 0.29) is 36.9 Å². The van der Waals surface area contributed by atoms with E-state index < -0.39 is 0 Å². The first-order valence-corrected chi connectivity index (χ1v) is 10.3. The summed E-state index contributed by atoms with van der Waals surface area (Å²) >= 11 is 0. The Kier molecular flexibility index (Phi) is 5.90. The van der Waals surface area contributed by atoms with Crippen LogP contribution in [0.3, 0.4) is 0 Å². The number of fused-ring (bicyclic) bond motifs is 1. The van der Waals surface area contributed by atoms with Crippen LogP contribution in [0, 0.1) is 12.7 Å².